The molecule has 0 aliphatic heterocycles. The maximum Gasteiger partial charge on any atom is 0.349 e. The average molecular weight is 193 g/mol. The first kappa shape index (κ1) is 11.5. The Hall–Kier alpha value is -0.540. The first-order valence-electron chi connectivity index (χ1n) is 3.77. The molecule has 0 aromatic carbocycles. The number of rotatable bonds is 5. The van der Waals surface area contributed by atoms with Crippen LogP contribution < -0.4 is 0 Å². The maximum atomic E-state index is 10.7. The third-order valence-electron chi connectivity index (χ3n) is 1.38. The van der Waals surface area contributed by atoms with Gasteiger partial charge in [0, 0.05) is 6.42 Å². The summed E-state index contributed by atoms with van der Waals surface area (Å²) in [6.45, 7) is 5.24. The highest BCUT2D eigenvalue weighted by atomic mass is 35.5. The van der Waals surface area contributed by atoms with Crippen LogP contribution in [0.4, 0.5) is 0 Å². The molecule has 0 amide bonds. The van der Waals surface area contributed by atoms with Gasteiger partial charge in [0.1, 0.15) is 5.03 Å². The van der Waals surface area contributed by atoms with Crippen LogP contribution in [0.25, 0.3) is 0 Å². The zero-order valence-corrected chi connectivity index (χ0v) is 7.80. The Labute approximate surface area is 77.0 Å². The average Bonchev–Trinajstić information content (AvgIpc) is 2.03. The molecule has 3 nitrogen and oxygen atoms in total. The van der Waals surface area contributed by atoms with E-state index in [2.05, 4.69) is 11.3 Å². The molecular formula is C8H13ClO3. The summed E-state index contributed by atoms with van der Waals surface area (Å²) in [6.07, 6.45) is 0.674. The molecule has 0 saturated heterocycles. The molecule has 1 unspecified atom stereocenters. The highest BCUT2D eigenvalue weighted by molar-refractivity contribution is 6.40. The second-order valence-electron chi connectivity index (χ2n) is 2.39. The molecule has 1 N–H and O–H groups in total. The zero-order valence-electron chi connectivity index (χ0n) is 7.05. The molecule has 1 atom stereocenters. The number of hydrogen-bond acceptors (Lipinski definition) is 3. The third kappa shape index (κ3) is 5.16. The van der Waals surface area contributed by atoms with E-state index in [1.54, 1.807) is 0 Å². The van der Waals surface area contributed by atoms with Gasteiger partial charge in [-0.05, 0) is 6.42 Å². The lowest BCUT2D eigenvalue weighted by molar-refractivity contribution is -0.138. The Morgan fingerprint density at radius 3 is 2.75 bits per heavy atom. The summed E-state index contributed by atoms with van der Waals surface area (Å²) in [5.41, 5.74) is 0. The molecule has 0 fully saturated rings. The Kier molecular flexibility index (Phi) is 5.76. The van der Waals surface area contributed by atoms with Crippen LogP contribution >= 0.6 is 11.6 Å². The highest BCUT2D eigenvalue weighted by Crippen LogP contribution is 2.02. The van der Waals surface area contributed by atoms with Crippen LogP contribution in [0.3, 0.4) is 0 Å². The standard InChI is InChI=1S/C8H13ClO3/c1-3-7(10)4-5-12-8(11)6(2)9/h7,10H,2-5H2,1H3. The molecule has 0 bridgehead atoms. The summed E-state index contributed by atoms with van der Waals surface area (Å²) in [5, 5.41) is 8.92. The van der Waals surface area contributed by atoms with Gasteiger partial charge in [0.25, 0.3) is 0 Å². The van der Waals surface area contributed by atoms with E-state index in [0.717, 1.165) is 0 Å². The van der Waals surface area contributed by atoms with Crippen LogP contribution in [0.1, 0.15) is 19.8 Å². The van der Waals surface area contributed by atoms with E-state index in [0.29, 0.717) is 12.8 Å². The molecule has 0 aromatic heterocycles. The van der Waals surface area contributed by atoms with E-state index in [4.69, 9.17) is 16.7 Å². The van der Waals surface area contributed by atoms with E-state index < -0.39 is 12.1 Å². The summed E-state index contributed by atoms with van der Waals surface area (Å²) in [6, 6.07) is 0. The zero-order chi connectivity index (χ0) is 9.56. The minimum Gasteiger partial charge on any atom is -0.461 e. The number of aliphatic hydroxyl groups is 1. The molecule has 0 spiro atoms. The van der Waals surface area contributed by atoms with Gasteiger partial charge in [0.2, 0.25) is 0 Å². The fraction of sp³-hybridized carbons (Fsp3) is 0.625. The van der Waals surface area contributed by atoms with Crippen LogP contribution in [0.5, 0.6) is 0 Å². The van der Waals surface area contributed by atoms with Crippen molar-refractivity contribution in [2.24, 2.45) is 0 Å². The summed E-state index contributed by atoms with van der Waals surface area (Å²) in [4.78, 5) is 10.7. The first-order valence-corrected chi connectivity index (χ1v) is 4.15. The molecule has 0 aromatic rings. The SMILES string of the molecule is C=C(Cl)C(=O)OCCC(O)CC. The minimum atomic E-state index is -0.625. The molecule has 0 aliphatic carbocycles. The lowest BCUT2D eigenvalue weighted by Crippen LogP contribution is -2.12. The molecule has 0 saturated carbocycles. The van der Waals surface area contributed by atoms with Crippen LogP contribution in [0.15, 0.2) is 11.6 Å². The van der Waals surface area contributed by atoms with Gasteiger partial charge >= 0.3 is 5.97 Å². The predicted octanol–water partition coefficient (Wildman–Crippen LogP) is 1.44. The highest BCUT2D eigenvalue weighted by Gasteiger charge is 2.06. The second-order valence-corrected chi connectivity index (χ2v) is 2.85. The Morgan fingerprint density at radius 2 is 2.33 bits per heavy atom. The van der Waals surface area contributed by atoms with Crippen molar-refractivity contribution >= 4 is 17.6 Å². The van der Waals surface area contributed by atoms with Crippen molar-refractivity contribution in [1.29, 1.82) is 0 Å². The van der Waals surface area contributed by atoms with Crippen LogP contribution in [-0.4, -0.2) is 23.8 Å². The van der Waals surface area contributed by atoms with Crippen LogP contribution in [0, 0.1) is 0 Å². The first-order chi connectivity index (χ1) is 5.57. The number of carbonyl (C=O) groups is 1. The van der Waals surface area contributed by atoms with Crippen molar-refractivity contribution in [2.45, 2.75) is 25.9 Å². The quantitative estimate of drug-likeness (QED) is 0.530. The van der Waals surface area contributed by atoms with Crippen LogP contribution in [0.2, 0.25) is 0 Å². The number of ether oxygens (including phenoxy) is 1. The third-order valence-corrected chi connectivity index (χ3v) is 1.53. The fourth-order valence-electron chi connectivity index (χ4n) is 0.570. The molecular weight excluding hydrogens is 180 g/mol. The van der Waals surface area contributed by atoms with Gasteiger partial charge in [-0.25, -0.2) is 4.79 Å². The van der Waals surface area contributed by atoms with E-state index in [1.165, 1.54) is 0 Å². The Bertz CT molecular complexity index is 168. The smallest absolute Gasteiger partial charge is 0.349 e. The van der Waals surface area contributed by atoms with E-state index >= 15 is 0 Å². The lowest BCUT2D eigenvalue weighted by atomic mass is 10.2. The van der Waals surface area contributed by atoms with Gasteiger partial charge in [-0.3, -0.25) is 0 Å². The number of halogens is 1. The molecule has 70 valence electrons. The normalized spacial score (nSPS) is 12.2. The van der Waals surface area contributed by atoms with Gasteiger partial charge in [-0.2, -0.15) is 0 Å². The monoisotopic (exact) mass is 192 g/mol. The molecule has 0 rings (SSSR count). The fourth-order valence-corrected chi connectivity index (χ4v) is 0.625. The largest absolute Gasteiger partial charge is 0.461 e. The number of hydrogen-bond donors (Lipinski definition) is 1. The van der Waals surface area contributed by atoms with Crippen molar-refractivity contribution in [3.63, 3.8) is 0 Å². The van der Waals surface area contributed by atoms with E-state index in [-0.39, 0.29) is 11.6 Å². The molecule has 0 aliphatic rings. The van der Waals surface area contributed by atoms with E-state index in [9.17, 15) is 4.79 Å². The summed E-state index contributed by atoms with van der Waals surface area (Å²) >= 11 is 5.25. The predicted molar refractivity (Wildman–Crippen MR) is 46.9 cm³/mol. The maximum absolute atomic E-state index is 10.7. The van der Waals surface area contributed by atoms with Crippen molar-refractivity contribution in [3.05, 3.63) is 11.6 Å². The molecule has 4 heteroatoms. The summed E-state index contributed by atoms with van der Waals surface area (Å²) < 4.78 is 4.65. The van der Waals surface area contributed by atoms with Gasteiger partial charge in [0.15, 0.2) is 0 Å². The number of carbonyl (C=O) groups excluding carboxylic acids is 1. The summed E-state index contributed by atoms with van der Waals surface area (Å²) in [7, 11) is 0. The van der Waals surface area contributed by atoms with Crippen molar-refractivity contribution in [2.75, 3.05) is 6.61 Å². The number of aliphatic hydroxyl groups excluding tert-OH is 1. The Morgan fingerprint density at radius 1 is 1.75 bits per heavy atom. The van der Waals surface area contributed by atoms with Crippen LogP contribution in [-0.2, 0) is 9.53 Å². The van der Waals surface area contributed by atoms with Crippen molar-refractivity contribution < 1.29 is 14.6 Å². The van der Waals surface area contributed by atoms with Crippen molar-refractivity contribution in [1.82, 2.24) is 0 Å². The van der Waals surface area contributed by atoms with Gasteiger partial charge in [0.05, 0.1) is 12.7 Å². The van der Waals surface area contributed by atoms with Crippen molar-refractivity contribution in [3.8, 4) is 0 Å². The number of esters is 1. The van der Waals surface area contributed by atoms with Gasteiger partial charge in [-0.1, -0.05) is 25.1 Å². The second kappa shape index (κ2) is 6.03. The van der Waals surface area contributed by atoms with Gasteiger partial charge in [-0.15, -0.1) is 0 Å². The summed E-state index contributed by atoms with van der Waals surface area (Å²) in [5.74, 6) is -0.625. The topological polar surface area (TPSA) is 46.5 Å². The molecule has 0 radical (unpaired) electrons. The van der Waals surface area contributed by atoms with Gasteiger partial charge < -0.3 is 9.84 Å². The van der Waals surface area contributed by atoms with E-state index in [1.807, 2.05) is 6.92 Å². The lowest BCUT2D eigenvalue weighted by Gasteiger charge is -2.07. The molecule has 12 heavy (non-hydrogen) atoms. The molecule has 0 heterocycles. The Balaban J connectivity index is 3.44. The minimum absolute atomic E-state index is 0.138.